The van der Waals surface area contributed by atoms with Crippen molar-refractivity contribution in [3.05, 3.63) is 36.3 Å². The molecule has 2 saturated carbocycles. The van der Waals surface area contributed by atoms with Crippen LogP contribution in [0, 0.1) is 5.92 Å². The third kappa shape index (κ3) is 2.53. The predicted molar refractivity (Wildman–Crippen MR) is 82.5 cm³/mol. The molecule has 3 N–H and O–H groups in total. The molecule has 0 spiro atoms. The molecule has 0 aromatic carbocycles. The molecule has 5 nitrogen and oxygen atoms in total. The van der Waals surface area contributed by atoms with Gasteiger partial charge in [-0.1, -0.05) is 6.07 Å². The van der Waals surface area contributed by atoms with Gasteiger partial charge in [0.05, 0.1) is 17.4 Å². The topological polar surface area (TPSA) is 68.8 Å². The van der Waals surface area contributed by atoms with Crippen LogP contribution in [-0.2, 0) is 0 Å². The molecule has 2 aromatic rings. The summed E-state index contributed by atoms with van der Waals surface area (Å²) in [6, 6.07) is 6.43. The molecular formula is C16H21N5. The maximum Gasteiger partial charge on any atom is 0.130 e. The molecule has 2 aromatic heterocycles. The largest absolute Gasteiger partial charge is 0.337 e. The second-order valence-corrected chi connectivity index (χ2v) is 6.25. The van der Waals surface area contributed by atoms with Crippen molar-refractivity contribution in [1.29, 1.82) is 0 Å². The fraction of sp³-hybridized carbons (Fsp3) is 0.500. The summed E-state index contributed by atoms with van der Waals surface area (Å²) in [4.78, 5) is 4.34. The van der Waals surface area contributed by atoms with Gasteiger partial charge >= 0.3 is 0 Å². The van der Waals surface area contributed by atoms with E-state index >= 15 is 0 Å². The van der Waals surface area contributed by atoms with Crippen LogP contribution < -0.4 is 11.1 Å². The molecule has 0 bridgehead atoms. The highest BCUT2D eigenvalue weighted by Crippen LogP contribution is 2.45. The summed E-state index contributed by atoms with van der Waals surface area (Å²) < 4.78 is 2.14. The summed E-state index contributed by atoms with van der Waals surface area (Å²) in [7, 11) is 0. The van der Waals surface area contributed by atoms with E-state index in [1.807, 2.05) is 18.2 Å². The number of nitrogens with one attached hydrogen (secondary N) is 1. The molecule has 2 aliphatic carbocycles. The fourth-order valence-electron chi connectivity index (χ4n) is 3.03. The zero-order valence-electron chi connectivity index (χ0n) is 12.1. The van der Waals surface area contributed by atoms with Gasteiger partial charge < -0.3 is 11.1 Å². The number of aromatic nitrogens is 3. The van der Waals surface area contributed by atoms with Crippen molar-refractivity contribution in [2.24, 2.45) is 11.7 Å². The van der Waals surface area contributed by atoms with Gasteiger partial charge in [0, 0.05) is 18.3 Å². The van der Waals surface area contributed by atoms with Gasteiger partial charge in [-0.15, -0.1) is 0 Å². The van der Waals surface area contributed by atoms with Crippen molar-refractivity contribution >= 4 is 11.5 Å². The lowest BCUT2D eigenvalue weighted by Crippen LogP contribution is -2.32. The van der Waals surface area contributed by atoms with Crippen LogP contribution in [0.15, 0.2) is 30.6 Å². The van der Waals surface area contributed by atoms with Gasteiger partial charge in [-0.2, -0.15) is 5.10 Å². The lowest BCUT2D eigenvalue weighted by atomic mass is 9.80. The lowest BCUT2D eigenvalue weighted by Gasteiger charge is -2.34. The Kier molecular flexibility index (Phi) is 3.15. The Bertz CT molecular complexity index is 611. The highest BCUT2D eigenvalue weighted by Gasteiger charge is 2.34. The highest BCUT2D eigenvalue weighted by atomic mass is 15.3. The van der Waals surface area contributed by atoms with Gasteiger partial charge in [-0.3, -0.25) is 4.68 Å². The van der Waals surface area contributed by atoms with Crippen molar-refractivity contribution < 1.29 is 0 Å². The number of pyridine rings is 1. The van der Waals surface area contributed by atoms with Crippen molar-refractivity contribution in [3.8, 4) is 0 Å². The van der Waals surface area contributed by atoms with Crippen LogP contribution in [0.4, 0.5) is 11.5 Å². The Labute approximate surface area is 124 Å². The first kappa shape index (κ1) is 12.8. The minimum Gasteiger partial charge on any atom is -0.337 e. The molecule has 110 valence electrons. The monoisotopic (exact) mass is 283 g/mol. The minimum atomic E-state index is 0.523. The number of hydrogen-bond acceptors (Lipinski definition) is 4. The summed E-state index contributed by atoms with van der Waals surface area (Å²) in [5.41, 5.74) is 8.04. The van der Waals surface area contributed by atoms with E-state index in [1.165, 1.54) is 18.5 Å². The Morgan fingerprint density at radius 2 is 2.14 bits per heavy atom. The highest BCUT2D eigenvalue weighted by molar-refractivity contribution is 5.59. The third-order valence-electron chi connectivity index (χ3n) is 4.57. The van der Waals surface area contributed by atoms with Crippen molar-refractivity contribution in [3.63, 3.8) is 0 Å². The van der Waals surface area contributed by atoms with Crippen molar-refractivity contribution in [1.82, 2.24) is 14.8 Å². The van der Waals surface area contributed by atoms with Gasteiger partial charge in [-0.25, -0.2) is 4.98 Å². The maximum absolute atomic E-state index is 5.72. The maximum atomic E-state index is 5.72. The van der Waals surface area contributed by atoms with Gasteiger partial charge in [0.25, 0.3) is 0 Å². The normalized spacial score (nSPS) is 24.6. The third-order valence-corrected chi connectivity index (χ3v) is 4.57. The molecule has 5 heteroatoms. The van der Waals surface area contributed by atoms with Crippen LogP contribution in [0.3, 0.4) is 0 Å². The first-order chi connectivity index (χ1) is 10.3. The van der Waals surface area contributed by atoms with E-state index in [0.29, 0.717) is 17.9 Å². The van der Waals surface area contributed by atoms with Crippen LogP contribution in [-0.4, -0.2) is 21.3 Å². The van der Waals surface area contributed by atoms with Gasteiger partial charge in [-0.05, 0) is 50.3 Å². The van der Waals surface area contributed by atoms with E-state index < -0.39 is 0 Å². The average molecular weight is 283 g/mol. The molecule has 2 aliphatic rings. The molecule has 21 heavy (non-hydrogen) atoms. The van der Waals surface area contributed by atoms with Crippen LogP contribution >= 0.6 is 0 Å². The van der Waals surface area contributed by atoms with E-state index in [0.717, 1.165) is 30.9 Å². The van der Waals surface area contributed by atoms with Crippen LogP contribution in [0.1, 0.15) is 43.3 Å². The molecule has 0 aliphatic heterocycles. The number of anilines is 2. The average Bonchev–Trinajstić information content (AvgIpc) is 3.22. The molecule has 0 atom stereocenters. The summed E-state index contributed by atoms with van der Waals surface area (Å²) in [5, 5.41) is 8.27. The Hall–Kier alpha value is -1.88. The van der Waals surface area contributed by atoms with Gasteiger partial charge in [0.1, 0.15) is 5.82 Å². The number of rotatable bonds is 5. The first-order valence-electron chi connectivity index (χ1n) is 7.80. The summed E-state index contributed by atoms with van der Waals surface area (Å²) in [6.45, 7) is 0.798. The van der Waals surface area contributed by atoms with Crippen molar-refractivity contribution in [2.45, 2.75) is 37.6 Å². The van der Waals surface area contributed by atoms with E-state index in [9.17, 15) is 0 Å². The van der Waals surface area contributed by atoms with Crippen molar-refractivity contribution in [2.75, 3.05) is 11.9 Å². The number of nitrogens with two attached hydrogens (primary N) is 1. The summed E-state index contributed by atoms with van der Waals surface area (Å²) >= 11 is 0. The van der Waals surface area contributed by atoms with E-state index in [1.54, 1.807) is 6.20 Å². The molecular weight excluding hydrogens is 262 g/mol. The second kappa shape index (κ2) is 5.15. The second-order valence-electron chi connectivity index (χ2n) is 6.25. The Morgan fingerprint density at radius 1 is 1.29 bits per heavy atom. The molecule has 2 heterocycles. The fourth-order valence-corrected chi connectivity index (χ4v) is 3.03. The van der Waals surface area contributed by atoms with E-state index in [-0.39, 0.29) is 0 Å². The molecule has 0 radical (unpaired) electrons. The lowest BCUT2D eigenvalue weighted by molar-refractivity contribution is 0.189. The molecule has 0 amide bonds. The van der Waals surface area contributed by atoms with Gasteiger partial charge in [0.2, 0.25) is 0 Å². The van der Waals surface area contributed by atoms with E-state index in [2.05, 4.69) is 21.2 Å². The SMILES string of the molecule is NCC1CC(n2cc(Nc3ccccn3)c(C3CC3)n2)C1. The van der Waals surface area contributed by atoms with Crippen LogP contribution in [0.25, 0.3) is 0 Å². The quantitative estimate of drug-likeness (QED) is 0.885. The standard InChI is InChI=1S/C16H21N5/c17-9-11-7-13(8-11)21-10-14(16(20-21)12-4-5-12)19-15-3-1-2-6-18-15/h1-3,6,10-13H,4-5,7-9,17H2,(H,18,19). The molecule has 0 saturated heterocycles. The zero-order valence-corrected chi connectivity index (χ0v) is 12.1. The molecule has 0 unspecified atom stereocenters. The zero-order chi connectivity index (χ0) is 14.2. The molecule has 2 fully saturated rings. The molecule has 4 rings (SSSR count). The van der Waals surface area contributed by atoms with E-state index in [4.69, 9.17) is 10.8 Å². The predicted octanol–water partition coefficient (Wildman–Crippen LogP) is 2.81. The van der Waals surface area contributed by atoms with Gasteiger partial charge in [0.15, 0.2) is 0 Å². The minimum absolute atomic E-state index is 0.523. The Balaban J connectivity index is 1.56. The first-order valence-corrected chi connectivity index (χ1v) is 7.80. The Morgan fingerprint density at radius 3 is 2.81 bits per heavy atom. The summed E-state index contributed by atoms with van der Waals surface area (Å²) in [6.07, 6.45) is 8.78. The smallest absolute Gasteiger partial charge is 0.130 e. The van der Waals surface area contributed by atoms with Crippen LogP contribution in [0.5, 0.6) is 0 Å². The summed E-state index contributed by atoms with van der Waals surface area (Å²) in [5.74, 6) is 2.19. The number of nitrogens with zero attached hydrogens (tertiary/aromatic N) is 3. The van der Waals surface area contributed by atoms with Crippen LogP contribution in [0.2, 0.25) is 0 Å². The number of hydrogen-bond donors (Lipinski definition) is 2.